The minimum absolute atomic E-state index is 0.0968. The van der Waals surface area contributed by atoms with Gasteiger partial charge in [0.2, 0.25) is 5.91 Å². The van der Waals surface area contributed by atoms with Crippen LogP contribution in [0.4, 0.5) is 9.52 Å². The molecule has 0 aliphatic carbocycles. The molecule has 1 aliphatic rings. The summed E-state index contributed by atoms with van der Waals surface area (Å²) in [4.78, 5) is 20.8. The van der Waals surface area contributed by atoms with Crippen LogP contribution in [0.5, 0.6) is 0 Å². The molecule has 6 heteroatoms. The third-order valence-corrected chi connectivity index (χ3v) is 5.07. The molecule has 23 heavy (non-hydrogen) atoms. The van der Waals surface area contributed by atoms with Gasteiger partial charge in [0.05, 0.1) is 0 Å². The summed E-state index contributed by atoms with van der Waals surface area (Å²) in [7, 11) is 0. The van der Waals surface area contributed by atoms with Crippen LogP contribution < -0.4 is 4.90 Å². The molecule has 122 valence electrons. The number of piperazine rings is 1. The van der Waals surface area contributed by atoms with E-state index in [0.717, 1.165) is 18.2 Å². The number of carbonyl (C=O) groups excluding carboxylic acids is 1. The molecular weight excluding hydrogens is 313 g/mol. The largest absolute Gasteiger partial charge is 0.345 e. The second kappa shape index (κ2) is 7.08. The van der Waals surface area contributed by atoms with E-state index in [1.165, 1.54) is 6.07 Å². The number of rotatable bonds is 4. The number of benzene rings is 1. The summed E-state index contributed by atoms with van der Waals surface area (Å²) in [6.07, 6.45) is 2.14. The third kappa shape index (κ3) is 3.69. The number of hydrogen-bond donors (Lipinski definition) is 0. The van der Waals surface area contributed by atoms with Gasteiger partial charge in [0.15, 0.2) is 5.13 Å². The Morgan fingerprint density at radius 3 is 2.70 bits per heavy atom. The predicted octanol–water partition coefficient (Wildman–Crippen LogP) is 3.12. The summed E-state index contributed by atoms with van der Waals surface area (Å²) in [5.41, 5.74) is 0.613. The van der Waals surface area contributed by atoms with E-state index < -0.39 is 0 Å². The Morgan fingerprint density at radius 1 is 1.30 bits per heavy atom. The SMILES string of the molecule is C[C@H](CC(=O)N1CCN(c2nccs2)CC1)c1ccccc1F. The van der Waals surface area contributed by atoms with Crippen molar-refractivity contribution in [2.75, 3.05) is 31.1 Å². The van der Waals surface area contributed by atoms with Gasteiger partial charge in [0.1, 0.15) is 5.82 Å². The zero-order valence-corrected chi connectivity index (χ0v) is 13.9. The minimum Gasteiger partial charge on any atom is -0.345 e. The van der Waals surface area contributed by atoms with Crippen LogP contribution in [-0.4, -0.2) is 42.0 Å². The van der Waals surface area contributed by atoms with Crippen molar-refractivity contribution >= 4 is 22.4 Å². The molecule has 1 amide bonds. The Kier molecular flexibility index (Phi) is 4.91. The molecule has 0 bridgehead atoms. The fourth-order valence-electron chi connectivity index (χ4n) is 2.89. The second-order valence-corrected chi connectivity index (χ2v) is 6.68. The maximum Gasteiger partial charge on any atom is 0.223 e. The first-order valence-corrected chi connectivity index (χ1v) is 8.70. The van der Waals surface area contributed by atoms with Crippen LogP contribution >= 0.6 is 11.3 Å². The highest BCUT2D eigenvalue weighted by atomic mass is 32.1. The lowest BCUT2D eigenvalue weighted by Crippen LogP contribution is -2.49. The highest BCUT2D eigenvalue weighted by molar-refractivity contribution is 7.13. The summed E-state index contributed by atoms with van der Waals surface area (Å²) in [5.74, 6) is -0.248. The number of thiazole rings is 1. The molecule has 1 aromatic carbocycles. The van der Waals surface area contributed by atoms with E-state index >= 15 is 0 Å². The molecule has 1 atom stereocenters. The van der Waals surface area contributed by atoms with Gasteiger partial charge < -0.3 is 9.80 Å². The van der Waals surface area contributed by atoms with Crippen molar-refractivity contribution in [3.05, 3.63) is 47.2 Å². The second-order valence-electron chi connectivity index (χ2n) is 5.81. The van der Waals surface area contributed by atoms with E-state index in [2.05, 4.69) is 9.88 Å². The van der Waals surface area contributed by atoms with Gasteiger partial charge in [-0.15, -0.1) is 11.3 Å². The summed E-state index contributed by atoms with van der Waals surface area (Å²) in [6, 6.07) is 6.69. The summed E-state index contributed by atoms with van der Waals surface area (Å²) >= 11 is 1.62. The summed E-state index contributed by atoms with van der Waals surface area (Å²) in [6.45, 7) is 4.90. The molecule has 0 radical (unpaired) electrons. The number of halogens is 1. The van der Waals surface area contributed by atoms with Crippen LogP contribution in [0.1, 0.15) is 24.8 Å². The van der Waals surface area contributed by atoms with Crippen LogP contribution in [0.25, 0.3) is 0 Å². The average Bonchev–Trinajstić information content (AvgIpc) is 3.09. The van der Waals surface area contributed by atoms with Crippen molar-refractivity contribution in [2.24, 2.45) is 0 Å². The Hall–Kier alpha value is -1.95. The number of anilines is 1. The van der Waals surface area contributed by atoms with Crippen LogP contribution in [0.15, 0.2) is 35.8 Å². The molecule has 1 aromatic heterocycles. The van der Waals surface area contributed by atoms with Crippen molar-refractivity contribution < 1.29 is 9.18 Å². The van der Waals surface area contributed by atoms with Crippen molar-refractivity contribution in [3.63, 3.8) is 0 Å². The summed E-state index contributed by atoms with van der Waals surface area (Å²) in [5, 5.41) is 2.97. The first-order valence-electron chi connectivity index (χ1n) is 7.82. The Morgan fingerprint density at radius 2 is 2.04 bits per heavy atom. The van der Waals surface area contributed by atoms with Crippen LogP contribution in [0, 0.1) is 5.82 Å². The van der Waals surface area contributed by atoms with Gasteiger partial charge >= 0.3 is 0 Å². The molecule has 0 saturated carbocycles. The van der Waals surface area contributed by atoms with Gasteiger partial charge in [0.25, 0.3) is 0 Å². The fraction of sp³-hybridized carbons (Fsp3) is 0.412. The molecular formula is C17H20FN3OS. The predicted molar refractivity (Wildman–Crippen MR) is 90.3 cm³/mol. The average molecular weight is 333 g/mol. The molecule has 1 fully saturated rings. The zero-order valence-electron chi connectivity index (χ0n) is 13.1. The number of nitrogens with zero attached hydrogens (tertiary/aromatic N) is 3. The number of carbonyl (C=O) groups is 1. The lowest BCUT2D eigenvalue weighted by molar-refractivity contribution is -0.131. The van der Waals surface area contributed by atoms with Crippen LogP contribution in [0.2, 0.25) is 0 Å². The minimum atomic E-state index is -0.235. The molecule has 2 heterocycles. The quantitative estimate of drug-likeness (QED) is 0.862. The van der Waals surface area contributed by atoms with Gasteiger partial charge in [-0.2, -0.15) is 0 Å². The van der Waals surface area contributed by atoms with Gasteiger partial charge in [-0.1, -0.05) is 25.1 Å². The van der Waals surface area contributed by atoms with Crippen molar-refractivity contribution in [1.29, 1.82) is 0 Å². The van der Waals surface area contributed by atoms with Crippen LogP contribution in [-0.2, 0) is 4.79 Å². The van der Waals surface area contributed by atoms with E-state index in [1.807, 2.05) is 23.3 Å². The smallest absolute Gasteiger partial charge is 0.223 e. The molecule has 0 spiro atoms. The van der Waals surface area contributed by atoms with Crippen molar-refractivity contribution in [1.82, 2.24) is 9.88 Å². The molecule has 1 aliphatic heterocycles. The first-order chi connectivity index (χ1) is 11.1. The zero-order chi connectivity index (χ0) is 16.2. The topological polar surface area (TPSA) is 36.4 Å². The van der Waals surface area contributed by atoms with Crippen molar-refractivity contribution in [2.45, 2.75) is 19.3 Å². The lowest BCUT2D eigenvalue weighted by Gasteiger charge is -2.35. The Bertz CT molecular complexity index is 654. The van der Waals surface area contributed by atoms with E-state index in [-0.39, 0.29) is 17.6 Å². The molecule has 2 aromatic rings. The standard InChI is InChI=1S/C17H20FN3OS/c1-13(14-4-2-3-5-15(14)18)12-16(22)20-7-9-21(10-8-20)17-19-6-11-23-17/h2-6,11,13H,7-10,12H2,1H3/t13-/m1/s1. The normalized spacial score (nSPS) is 16.4. The monoisotopic (exact) mass is 333 g/mol. The molecule has 0 unspecified atom stereocenters. The fourth-order valence-corrected chi connectivity index (χ4v) is 3.59. The number of amides is 1. The molecule has 3 rings (SSSR count). The molecule has 1 saturated heterocycles. The van der Waals surface area contributed by atoms with Gasteiger partial charge in [-0.25, -0.2) is 9.37 Å². The Labute approximate surface area is 139 Å². The van der Waals surface area contributed by atoms with E-state index in [4.69, 9.17) is 0 Å². The van der Waals surface area contributed by atoms with Gasteiger partial charge in [0, 0.05) is 44.2 Å². The lowest BCUT2D eigenvalue weighted by atomic mass is 9.96. The maximum atomic E-state index is 13.8. The van der Waals surface area contributed by atoms with Crippen molar-refractivity contribution in [3.8, 4) is 0 Å². The maximum absolute atomic E-state index is 13.8. The van der Waals surface area contributed by atoms with E-state index in [9.17, 15) is 9.18 Å². The Balaban J connectivity index is 1.54. The number of hydrogen-bond acceptors (Lipinski definition) is 4. The molecule has 0 N–H and O–H groups in total. The van der Waals surface area contributed by atoms with E-state index in [1.54, 1.807) is 29.7 Å². The first kappa shape index (κ1) is 15.9. The highest BCUT2D eigenvalue weighted by Crippen LogP contribution is 2.24. The van der Waals surface area contributed by atoms with Gasteiger partial charge in [-0.3, -0.25) is 4.79 Å². The number of aromatic nitrogens is 1. The summed E-state index contributed by atoms with van der Waals surface area (Å²) < 4.78 is 13.8. The third-order valence-electron chi connectivity index (χ3n) is 4.24. The van der Waals surface area contributed by atoms with Gasteiger partial charge in [-0.05, 0) is 17.5 Å². The molecule has 4 nitrogen and oxygen atoms in total. The highest BCUT2D eigenvalue weighted by Gasteiger charge is 2.24. The van der Waals surface area contributed by atoms with Crippen LogP contribution in [0.3, 0.4) is 0 Å². The van der Waals surface area contributed by atoms with E-state index in [0.29, 0.717) is 25.1 Å².